The molecule has 0 bridgehead atoms. The Bertz CT molecular complexity index is 264. The molecule has 0 aliphatic carbocycles. The van der Waals surface area contributed by atoms with Gasteiger partial charge < -0.3 is 26.6 Å². The predicted molar refractivity (Wildman–Crippen MR) is 69.5 cm³/mol. The van der Waals surface area contributed by atoms with Gasteiger partial charge in [-0.05, 0) is 0 Å². The molecule has 0 atom stereocenters. The summed E-state index contributed by atoms with van der Waals surface area (Å²) >= 11 is 0. The smallest absolute Gasteiger partial charge is 0.264 e. The van der Waals surface area contributed by atoms with Crippen LogP contribution in [0.25, 0.3) is 0 Å². The molecule has 0 aromatic carbocycles. The highest BCUT2D eigenvalue weighted by molar-refractivity contribution is 6.03. The molecule has 1 rings (SSSR count). The predicted octanol–water partition coefficient (Wildman–Crippen LogP) is -2.66. The molecule has 0 spiro atoms. The molecule has 0 aromatic heterocycles. The summed E-state index contributed by atoms with van der Waals surface area (Å²) in [6.07, 6.45) is -2.14. The zero-order valence-electron chi connectivity index (χ0n) is 10.9. The van der Waals surface area contributed by atoms with Gasteiger partial charge in [-0.1, -0.05) is 0 Å². The van der Waals surface area contributed by atoms with Crippen molar-refractivity contribution in [3.8, 4) is 0 Å². The van der Waals surface area contributed by atoms with E-state index in [4.69, 9.17) is 0 Å². The Morgan fingerprint density at radius 1 is 0.684 bits per heavy atom. The average molecular weight is 275 g/mol. The number of carbonyl (C=O) groups excluding carboxylic acids is 2. The second-order valence-corrected chi connectivity index (χ2v) is 4.19. The molecule has 7 nitrogen and oxygen atoms in total. The SMILES string of the molecule is O=C1NCCNCCNCCNCCNC(=O)C1F. The van der Waals surface area contributed by atoms with Gasteiger partial charge in [0.05, 0.1) is 0 Å². The molecule has 0 unspecified atom stereocenters. The topological polar surface area (TPSA) is 94.3 Å². The number of hydrogen-bond donors (Lipinski definition) is 5. The number of rotatable bonds is 0. The van der Waals surface area contributed by atoms with Gasteiger partial charge in [0.25, 0.3) is 18.0 Å². The molecule has 110 valence electrons. The van der Waals surface area contributed by atoms with Gasteiger partial charge >= 0.3 is 0 Å². The van der Waals surface area contributed by atoms with Gasteiger partial charge in [-0.15, -0.1) is 0 Å². The normalized spacial score (nSPS) is 22.6. The summed E-state index contributed by atoms with van der Waals surface area (Å²) in [5, 5.41) is 14.2. The third-order valence-corrected chi connectivity index (χ3v) is 2.62. The first-order valence-electron chi connectivity index (χ1n) is 6.53. The second-order valence-electron chi connectivity index (χ2n) is 4.19. The molecule has 0 aromatic rings. The van der Waals surface area contributed by atoms with Gasteiger partial charge in [-0.25, -0.2) is 4.39 Å². The van der Waals surface area contributed by atoms with Crippen LogP contribution in [0.5, 0.6) is 0 Å². The summed E-state index contributed by atoms with van der Waals surface area (Å²) in [6, 6.07) is 0. The monoisotopic (exact) mass is 275 g/mol. The van der Waals surface area contributed by atoms with Crippen molar-refractivity contribution in [2.75, 3.05) is 52.4 Å². The highest BCUT2D eigenvalue weighted by Crippen LogP contribution is 1.90. The van der Waals surface area contributed by atoms with Crippen molar-refractivity contribution in [1.29, 1.82) is 0 Å². The first-order valence-corrected chi connectivity index (χ1v) is 6.53. The highest BCUT2D eigenvalue weighted by Gasteiger charge is 2.24. The van der Waals surface area contributed by atoms with E-state index in [0.29, 0.717) is 26.2 Å². The Hall–Kier alpha value is -1.25. The van der Waals surface area contributed by atoms with E-state index in [1.807, 2.05) is 0 Å². The fraction of sp³-hybridized carbons (Fsp3) is 0.818. The molecule has 19 heavy (non-hydrogen) atoms. The quantitative estimate of drug-likeness (QED) is 0.311. The van der Waals surface area contributed by atoms with Crippen LogP contribution in [0.4, 0.5) is 4.39 Å². The number of nitrogens with one attached hydrogen (secondary N) is 5. The number of hydrogen-bond acceptors (Lipinski definition) is 5. The third kappa shape index (κ3) is 7.04. The molecule has 8 heteroatoms. The van der Waals surface area contributed by atoms with E-state index in [1.165, 1.54) is 0 Å². The Labute approximate surface area is 112 Å². The van der Waals surface area contributed by atoms with E-state index in [0.717, 1.165) is 26.2 Å². The van der Waals surface area contributed by atoms with Gasteiger partial charge in [-0.2, -0.15) is 0 Å². The standard InChI is InChI=1S/C11H22FN5O2/c12-9-10(18)16-7-5-14-3-1-13-2-4-15-6-8-17-11(9)19/h9,13-15H,1-8H2,(H,16,18)(H,17,19). The van der Waals surface area contributed by atoms with Gasteiger partial charge in [-0.3, -0.25) is 9.59 Å². The lowest BCUT2D eigenvalue weighted by Gasteiger charge is -2.12. The van der Waals surface area contributed by atoms with E-state index in [1.54, 1.807) is 0 Å². The zero-order valence-corrected chi connectivity index (χ0v) is 10.9. The van der Waals surface area contributed by atoms with Crippen LogP contribution in [-0.2, 0) is 9.59 Å². The summed E-state index contributed by atoms with van der Waals surface area (Å²) < 4.78 is 13.4. The van der Waals surface area contributed by atoms with Crippen LogP contribution in [0.15, 0.2) is 0 Å². The Balaban J connectivity index is 2.35. The van der Waals surface area contributed by atoms with Crippen molar-refractivity contribution in [3.63, 3.8) is 0 Å². The maximum Gasteiger partial charge on any atom is 0.264 e. The van der Waals surface area contributed by atoms with E-state index < -0.39 is 18.0 Å². The zero-order chi connectivity index (χ0) is 13.9. The largest absolute Gasteiger partial charge is 0.352 e. The lowest BCUT2D eigenvalue weighted by Crippen LogP contribution is -2.46. The van der Waals surface area contributed by atoms with Gasteiger partial charge in [0.2, 0.25) is 0 Å². The molecule has 1 saturated heterocycles. The minimum atomic E-state index is -2.14. The van der Waals surface area contributed by atoms with Crippen molar-refractivity contribution in [2.24, 2.45) is 0 Å². The molecule has 0 radical (unpaired) electrons. The highest BCUT2D eigenvalue weighted by atomic mass is 19.1. The van der Waals surface area contributed by atoms with Crippen LogP contribution in [0.2, 0.25) is 0 Å². The molecule has 1 heterocycles. The first-order chi connectivity index (χ1) is 9.22. The summed E-state index contributed by atoms with van der Waals surface area (Å²) in [7, 11) is 0. The average Bonchev–Trinajstić information content (AvgIpc) is 2.41. The number of halogens is 1. The maximum absolute atomic E-state index is 13.4. The lowest BCUT2D eigenvalue weighted by atomic mass is 10.3. The fourth-order valence-electron chi connectivity index (χ4n) is 1.58. The van der Waals surface area contributed by atoms with Crippen LogP contribution in [0, 0.1) is 0 Å². The van der Waals surface area contributed by atoms with E-state index in [-0.39, 0.29) is 0 Å². The van der Waals surface area contributed by atoms with Gasteiger partial charge in [0, 0.05) is 52.4 Å². The molecule has 2 amide bonds. The fourth-order valence-corrected chi connectivity index (χ4v) is 1.58. The maximum atomic E-state index is 13.4. The van der Waals surface area contributed by atoms with Crippen molar-refractivity contribution < 1.29 is 14.0 Å². The van der Waals surface area contributed by atoms with Crippen molar-refractivity contribution in [1.82, 2.24) is 26.6 Å². The molecule has 1 aliphatic heterocycles. The van der Waals surface area contributed by atoms with E-state index >= 15 is 0 Å². The van der Waals surface area contributed by atoms with Crippen molar-refractivity contribution >= 4 is 11.8 Å². The molecule has 0 saturated carbocycles. The number of alkyl halides is 1. The van der Waals surface area contributed by atoms with Crippen LogP contribution in [-0.4, -0.2) is 70.3 Å². The van der Waals surface area contributed by atoms with Crippen LogP contribution in [0.1, 0.15) is 0 Å². The molecule has 5 N–H and O–H groups in total. The molecular formula is C11H22FN5O2. The lowest BCUT2D eigenvalue weighted by molar-refractivity contribution is -0.136. The van der Waals surface area contributed by atoms with Crippen LogP contribution < -0.4 is 26.6 Å². The summed E-state index contributed by atoms with van der Waals surface area (Å²) in [4.78, 5) is 22.6. The summed E-state index contributed by atoms with van der Waals surface area (Å²) in [6.45, 7) is 4.89. The minimum absolute atomic E-state index is 0.300. The first kappa shape index (κ1) is 15.8. The molecule has 1 fully saturated rings. The Kier molecular flexibility index (Phi) is 8.03. The van der Waals surface area contributed by atoms with Crippen LogP contribution in [0.3, 0.4) is 0 Å². The second kappa shape index (κ2) is 9.65. The van der Waals surface area contributed by atoms with E-state index in [2.05, 4.69) is 26.6 Å². The van der Waals surface area contributed by atoms with Crippen molar-refractivity contribution in [2.45, 2.75) is 6.17 Å². The Morgan fingerprint density at radius 2 is 1.00 bits per heavy atom. The Morgan fingerprint density at radius 3 is 1.37 bits per heavy atom. The molecular weight excluding hydrogens is 253 g/mol. The minimum Gasteiger partial charge on any atom is -0.352 e. The van der Waals surface area contributed by atoms with Crippen molar-refractivity contribution in [3.05, 3.63) is 0 Å². The summed E-state index contributed by atoms with van der Waals surface area (Å²) in [5.74, 6) is -1.78. The number of amides is 2. The number of carbonyl (C=O) groups is 2. The van der Waals surface area contributed by atoms with Gasteiger partial charge in [0.1, 0.15) is 0 Å². The van der Waals surface area contributed by atoms with Crippen LogP contribution >= 0.6 is 0 Å². The third-order valence-electron chi connectivity index (χ3n) is 2.62. The molecule has 1 aliphatic rings. The van der Waals surface area contributed by atoms with E-state index in [9.17, 15) is 14.0 Å². The van der Waals surface area contributed by atoms with Gasteiger partial charge in [0.15, 0.2) is 0 Å². The summed E-state index contributed by atoms with van der Waals surface area (Å²) in [5.41, 5.74) is 0.